The Kier molecular flexibility index (Phi) is 2.97. The van der Waals surface area contributed by atoms with E-state index in [1.54, 1.807) is 6.07 Å². The van der Waals surface area contributed by atoms with E-state index in [2.05, 4.69) is 0 Å². The molecule has 1 aliphatic rings. The number of nitro benzene ring substituents is 1. The van der Waals surface area contributed by atoms with Crippen molar-refractivity contribution in [2.45, 2.75) is 18.9 Å². The number of anilines is 1. The molecule has 0 radical (unpaired) electrons. The highest BCUT2D eigenvalue weighted by molar-refractivity contribution is 6.33. The van der Waals surface area contributed by atoms with Crippen LogP contribution in [-0.2, 0) is 0 Å². The number of benzene rings is 1. The molecule has 92 valence electrons. The van der Waals surface area contributed by atoms with E-state index >= 15 is 0 Å². The zero-order valence-electron chi connectivity index (χ0n) is 9.39. The van der Waals surface area contributed by atoms with Crippen molar-refractivity contribution in [3.8, 4) is 0 Å². The fraction of sp³-hybridized carbons (Fsp3) is 0.455. The monoisotopic (exact) mass is 256 g/mol. The molecule has 0 aliphatic carbocycles. The quantitative estimate of drug-likeness (QED) is 0.665. The Balaban J connectivity index is 2.17. The van der Waals surface area contributed by atoms with Crippen LogP contribution in [0.25, 0.3) is 0 Å². The lowest BCUT2D eigenvalue weighted by Crippen LogP contribution is -2.61. The van der Waals surface area contributed by atoms with Crippen LogP contribution < -0.4 is 4.90 Å². The molecule has 1 aliphatic heterocycles. The number of nitrogens with zero attached hydrogens (tertiary/aromatic N) is 2. The van der Waals surface area contributed by atoms with Gasteiger partial charge in [0.15, 0.2) is 0 Å². The molecule has 0 amide bonds. The normalized spacial score (nSPS) is 17.7. The van der Waals surface area contributed by atoms with Crippen LogP contribution in [0.2, 0.25) is 5.02 Å². The van der Waals surface area contributed by atoms with E-state index in [4.69, 9.17) is 11.6 Å². The molecule has 0 aromatic heterocycles. The molecule has 0 spiro atoms. The minimum absolute atomic E-state index is 0.0231. The van der Waals surface area contributed by atoms with Crippen LogP contribution in [0.15, 0.2) is 18.2 Å². The van der Waals surface area contributed by atoms with Crippen LogP contribution in [0, 0.1) is 10.1 Å². The van der Waals surface area contributed by atoms with Crippen LogP contribution in [-0.4, -0.2) is 28.7 Å². The predicted molar refractivity (Wildman–Crippen MR) is 65.6 cm³/mol. The van der Waals surface area contributed by atoms with Gasteiger partial charge in [-0.1, -0.05) is 18.5 Å². The highest BCUT2D eigenvalue weighted by Gasteiger charge is 2.40. The maximum absolute atomic E-state index is 10.6. The van der Waals surface area contributed by atoms with Gasteiger partial charge >= 0.3 is 0 Å². The number of nitro groups is 1. The Bertz CT molecular complexity index is 458. The second-order valence-electron chi connectivity index (χ2n) is 4.33. The van der Waals surface area contributed by atoms with Gasteiger partial charge in [-0.2, -0.15) is 0 Å². The molecule has 0 bridgehead atoms. The molecule has 0 atom stereocenters. The minimum atomic E-state index is -0.648. The lowest BCUT2D eigenvalue weighted by Gasteiger charge is -2.47. The van der Waals surface area contributed by atoms with E-state index in [1.165, 1.54) is 12.1 Å². The Morgan fingerprint density at radius 2 is 2.24 bits per heavy atom. The van der Waals surface area contributed by atoms with Gasteiger partial charge in [-0.05, 0) is 12.5 Å². The molecule has 1 aromatic rings. The summed E-state index contributed by atoms with van der Waals surface area (Å²) in [5.74, 6) is 0. The predicted octanol–water partition coefficient (Wildman–Crippen LogP) is 2.21. The van der Waals surface area contributed by atoms with Gasteiger partial charge in [0, 0.05) is 25.2 Å². The molecule has 0 saturated carbocycles. The summed E-state index contributed by atoms with van der Waals surface area (Å²) in [6.07, 6.45) is 0.689. The van der Waals surface area contributed by atoms with Crippen LogP contribution in [0.1, 0.15) is 13.3 Å². The van der Waals surface area contributed by atoms with Gasteiger partial charge in [0.05, 0.1) is 21.2 Å². The number of β-amino-alcohol motifs (C(OH)–C–C–N with tert-alkyl or cyclic N) is 1. The molecular formula is C11H13ClN2O3. The molecule has 1 heterocycles. The third kappa shape index (κ3) is 2.21. The van der Waals surface area contributed by atoms with E-state index in [1.807, 2.05) is 11.8 Å². The van der Waals surface area contributed by atoms with Crippen molar-refractivity contribution in [1.29, 1.82) is 0 Å². The number of hydrogen-bond donors (Lipinski definition) is 1. The average molecular weight is 257 g/mol. The third-order valence-corrected chi connectivity index (χ3v) is 3.41. The molecule has 0 unspecified atom stereocenters. The zero-order chi connectivity index (χ0) is 12.6. The fourth-order valence-electron chi connectivity index (χ4n) is 1.92. The molecule has 5 nitrogen and oxygen atoms in total. The highest BCUT2D eigenvalue weighted by atomic mass is 35.5. The van der Waals surface area contributed by atoms with Crippen LogP contribution in [0.4, 0.5) is 11.4 Å². The highest BCUT2D eigenvalue weighted by Crippen LogP contribution is 2.36. The summed E-state index contributed by atoms with van der Waals surface area (Å²) in [6.45, 7) is 2.96. The summed E-state index contributed by atoms with van der Waals surface area (Å²) in [4.78, 5) is 12.0. The molecule has 1 fully saturated rings. The number of non-ortho nitro benzene ring substituents is 1. The zero-order valence-corrected chi connectivity index (χ0v) is 10.1. The molecule has 1 aromatic carbocycles. The molecular weight excluding hydrogens is 244 g/mol. The van der Waals surface area contributed by atoms with E-state index in [0.717, 1.165) is 5.69 Å². The summed E-state index contributed by atoms with van der Waals surface area (Å²) >= 11 is 5.99. The van der Waals surface area contributed by atoms with Crippen molar-refractivity contribution in [1.82, 2.24) is 0 Å². The smallest absolute Gasteiger partial charge is 0.271 e. The first-order valence-corrected chi connectivity index (χ1v) is 5.74. The second-order valence-corrected chi connectivity index (χ2v) is 4.73. The topological polar surface area (TPSA) is 66.6 Å². The summed E-state index contributed by atoms with van der Waals surface area (Å²) in [7, 11) is 0. The Labute approximate surface area is 104 Å². The Morgan fingerprint density at radius 3 is 2.71 bits per heavy atom. The van der Waals surface area contributed by atoms with Gasteiger partial charge in [0.2, 0.25) is 0 Å². The minimum Gasteiger partial charge on any atom is -0.386 e. The van der Waals surface area contributed by atoms with Crippen LogP contribution in [0.5, 0.6) is 0 Å². The lowest BCUT2D eigenvalue weighted by atomic mass is 9.91. The van der Waals surface area contributed by atoms with E-state index < -0.39 is 10.5 Å². The SMILES string of the molecule is CCC1(O)CN(c2ccc([N+](=O)[O-])cc2Cl)C1. The van der Waals surface area contributed by atoms with Crippen molar-refractivity contribution in [2.75, 3.05) is 18.0 Å². The molecule has 2 rings (SSSR count). The first kappa shape index (κ1) is 12.1. The van der Waals surface area contributed by atoms with Gasteiger partial charge in [-0.3, -0.25) is 10.1 Å². The van der Waals surface area contributed by atoms with Crippen molar-refractivity contribution in [3.05, 3.63) is 33.3 Å². The molecule has 1 N–H and O–H groups in total. The van der Waals surface area contributed by atoms with Crippen molar-refractivity contribution in [2.24, 2.45) is 0 Å². The molecule has 1 saturated heterocycles. The van der Waals surface area contributed by atoms with E-state index in [-0.39, 0.29) is 5.69 Å². The number of halogens is 1. The van der Waals surface area contributed by atoms with E-state index in [0.29, 0.717) is 24.5 Å². The maximum Gasteiger partial charge on any atom is 0.271 e. The van der Waals surface area contributed by atoms with Gasteiger partial charge in [0.1, 0.15) is 0 Å². The van der Waals surface area contributed by atoms with Crippen molar-refractivity contribution in [3.63, 3.8) is 0 Å². The summed E-state index contributed by atoms with van der Waals surface area (Å²) in [6, 6.07) is 4.38. The maximum atomic E-state index is 10.6. The average Bonchev–Trinajstić information content (AvgIpc) is 2.25. The number of hydrogen-bond acceptors (Lipinski definition) is 4. The fourth-order valence-corrected chi connectivity index (χ4v) is 2.22. The van der Waals surface area contributed by atoms with Gasteiger partial charge in [0.25, 0.3) is 5.69 Å². The van der Waals surface area contributed by atoms with Crippen molar-refractivity contribution < 1.29 is 10.0 Å². The van der Waals surface area contributed by atoms with E-state index in [9.17, 15) is 15.2 Å². The molecule has 6 heteroatoms. The second kappa shape index (κ2) is 4.16. The lowest BCUT2D eigenvalue weighted by molar-refractivity contribution is -0.384. The van der Waals surface area contributed by atoms with Crippen molar-refractivity contribution >= 4 is 23.0 Å². The first-order valence-electron chi connectivity index (χ1n) is 5.36. The third-order valence-electron chi connectivity index (χ3n) is 3.11. The van der Waals surface area contributed by atoms with Gasteiger partial charge < -0.3 is 10.0 Å². The standard InChI is InChI=1S/C11H13ClN2O3/c1-2-11(15)6-13(7-11)10-4-3-8(14(16)17)5-9(10)12/h3-5,15H,2,6-7H2,1H3. The first-order chi connectivity index (χ1) is 7.95. The summed E-state index contributed by atoms with van der Waals surface area (Å²) in [5, 5.41) is 20.8. The van der Waals surface area contributed by atoms with Crippen LogP contribution >= 0.6 is 11.6 Å². The largest absolute Gasteiger partial charge is 0.386 e. The van der Waals surface area contributed by atoms with Crippen LogP contribution in [0.3, 0.4) is 0 Å². The number of rotatable bonds is 3. The summed E-state index contributed by atoms with van der Waals surface area (Å²) in [5.41, 5.74) is 0.0610. The van der Waals surface area contributed by atoms with Gasteiger partial charge in [-0.25, -0.2) is 0 Å². The number of aliphatic hydroxyl groups is 1. The Morgan fingerprint density at radius 1 is 1.59 bits per heavy atom. The molecule has 17 heavy (non-hydrogen) atoms. The Hall–Kier alpha value is -1.33. The summed E-state index contributed by atoms with van der Waals surface area (Å²) < 4.78 is 0. The van der Waals surface area contributed by atoms with Gasteiger partial charge in [-0.15, -0.1) is 0 Å².